The Labute approximate surface area is 163 Å². The summed E-state index contributed by atoms with van der Waals surface area (Å²) in [4.78, 5) is 25.4. The molecule has 0 atom stereocenters. The van der Waals surface area contributed by atoms with Crippen LogP contribution in [0.25, 0.3) is 11.2 Å². The van der Waals surface area contributed by atoms with Crippen LogP contribution in [0.5, 0.6) is 0 Å². The molecule has 1 aromatic carbocycles. The number of aromatic nitrogens is 5. The van der Waals surface area contributed by atoms with Gasteiger partial charge in [-0.2, -0.15) is 0 Å². The van der Waals surface area contributed by atoms with E-state index in [0.29, 0.717) is 12.1 Å². The number of aryl methyl sites for hydroxylation is 3. The number of nitrogens with one attached hydrogen (secondary N) is 1. The third kappa shape index (κ3) is 3.65. The fraction of sp³-hybridized carbons (Fsp3) is 0.421. The van der Waals surface area contributed by atoms with E-state index in [1.54, 1.807) is 11.0 Å². The van der Waals surface area contributed by atoms with Gasteiger partial charge in [0.1, 0.15) is 6.33 Å². The molecule has 0 aliphatic carbocycles. The van der Waals surface area contributed by atoms with Crippen LogP contribution in [0.4, 0.5) is 11.5 Å². The molecule has 3 heterocycles. The Hall–Kier alpha value is -3.07. The standard InChI is InChI=1S/C19H24N8O/c1-13-4-5-15(10-14(13)2)22-16(28)11-26-6-8-27(9-7-26)19-17-18(20-12-21-19)25(3)24-23-17/h4-5,10,12H,6-9,11H2,1-3H3,(H,22,28). The van der Waals surface area contributed by atoms with E-state index in [1.165, 1.54) is 11.1 Å². The van der Waals surface area contributed by atoms with Gasteiger partial charge in [-0.25, -0.2) is 14.6 Å². The fourth-order valence-electron chi connectivity index (χ4n) is 3.41. The van der Waals surface area contributed by atoms with Gasteiger partial charge in [-0.1, -0.05) is 11.3 Å². The number of benzene rings is 1. The molecule has 9 nitrogen and oxygen atoms in total. The topological polar surface area (TPSA) is 92.1 Å². The molecule has 0 spiro atoms. The Morgan fingerprint density at radius 1 is 1.11 bits per heavy atom. The van der Waals surface area contributed by atoms with Crippen LogP contribution in [0.3, 0.4) is 0 Å². The normalized spacial score (nSPS) is 15.2. The number of nitrogens with zero attached hydrogens (tertiary/aromatic N) is 7. The average Bonchev–Trinajstić information content (AvgIpc) is 3.07. The maximum atomic E-state index is 12.4. The molecule has 146 valence electrons. The van der Waals surface area contributed by atoms with Crippen LogP contribution in [0.2, 0.25) is 0 Å². The zero-order chi connectivity index (χ0) is 19.7. The number of rotatable bonds is 4. The summed E-state index contributed by atoms with van der Waals surface area (Å²) in [5.74, 6) is 0.812. The van der Waals surface area contributed by atoms with Crippen LogP contribution < -0.4 is 10.2 Å². The minimum atomic E-state index is 0.00931. The van der Waals surface area contributed by atoms with Gasteiger partial charge in [0.15, 0.2) is 17.0 Å². The van der Waals surface area contributed by atoms with E-state index in [9.17, 15) is 4.79 Å². The van der Waals surface area contributed by atoms with Crippen LogP contribution in [-0.4, -0.2) is 68.5 Å². The maximum Gasteiger partial charge on any atom is 0.238 e. The minimum absolute atomic E-state index is 0.00931. The van der Waals surface area contributed by atoms with Crippen LogP contribution in [0.15, 0.2) is 24.5 Å². The molecule has 9 heteroatoms. The Balaban J connectivity index is 1.35. The molecule has 0 saturated carbocycles. The first-order chi connectivity index (χ1) is 13.5. The number of hydrogen-bond donors (Lipinski definition) is 1. The van der Waals surface area contributed by atoms with Gasteiger partial charge in [0, 0.05) is 38.9 Å². The van der Waals surface area contributed by atoms with E-state index in [2.05, 4.69) is 42.3 Å². The fourth-order valence-corrected chi connectivity index (χ4v) is 3.41. The first kappa shape index (κ1) is 18.3. The summed E-state index contributed by atoms with van der Waals surface area (Å²) in [5.41, 5.74) is 4.67. The lowest BCUT2D eigenvalue weighted by atomic mass is 10.1. The van der Waals surface area contributed by atoms with Gasteiger partial charge >= 0.3 is 0 Å². The van der Waals surface area contributed by atoms with E-state index >= 15 is 0 Å². The lowest BCUT2D eigenvalue weighted by Crippen LogP contribution is -2.49. The van der Waals surface area contributed by atoms with Crippen LogP contribution >= 0.6 is 0 Å². The van der Waals surface area contributed by atoms with Crippen molar-refractivity contribution >= 4 is 28.6 Å². The van der Waals surface area contributed by atoms with Crippen molar-refractivity contribution in [3.63, 3.8) is 0 Å². The molecular formula is C19H24N8O. The second-order valence-corrected chi connectivity index (χ2v) is 7.19. The number of amides is 1. The highest BCUT2D eigenvalue weighted by Gasteiger charge is 2.23. The monoisotopic (exact) mass is 380 g/mol. The first-order valence-corrected chi connectivity index (χ1v) is 9.36. The number of anilines is 2. The molecule has 1 aliphatic rings. The van der Waals surface area contributed by atoms with Gasteiger partial charge in [0.2, 0.25) is 5.91 Å². The molecule has 0 radical (unpaired) electrons. The Morgan fingerprint density at radius 2 is 1.89 bits per heavy atom. The van der Waals surface area contributed by atoms with E-state index in [-0.39, 0.29) is 5.91 Å². The zero-order valence-corrected chi connectivity index (χ0v) is 16.4. The Morgan fingerprint density at radius 3 is 2.64 bits per heavy atom. The predicted molar refractivity (Wildman–Crippen MR) is 107 cm³/mol. The van der Waals surface area contributed by atoms with Crippen molar-refractivity contribution in [3.05, 3.63) is 35.7 Å². The van der Waals surface area contributed by atoms with Crippen LogP contribution in [0.1, 0.15) is 11.1 Å². The number of carbonyl (C=O) groups excluding carboxylic acids is 1. The van der Waals surface area contributed by atoms with Crippen molar-refractivity contribution in [3.8, 4) is 0 Å². The lowest BCUT2D eigenvalue weighted by molar-refractivity contribution is -0.117. The third-order valence-corrected chi connectivity index (χ3v) is 5.20. The molecule has 0 unspecified atom stereocenters. The van der Waals surface area contributed by atoms with Gasteiger partial charge in [-0.3, -0.25) is 9.69 Å². The zero-order valence-electron chi connectivity index (χ0n) is 16.4. The largest absolute Gasteiger partial charge is 0.352 e. The van der Waals surface area contributed by atoms with Crippen molar-refractivity contribution in [2.75, 3.05) is 42.9 Å². The highest BCUT2D eigenvalue weighted by Crippen LogP contribution is 2.21. The summed E-state index contributed by atoms with van der Waals surface area (Å²) in [6.45, 7) is 7.61. The maximum absolute atomic E-state index is 12.4. The summed E-state index contributed by atoms with van der Waals surface area (Å²) in [5, 5.41) is 11.2. The van der Waals surface area contributed by atoms with E-state index < -0.39 is 0 Å². The number of piperazine rings is 1. The highest BCUT2D eigenvalue weighted by molar-refractivity contribution is 5.92. The second kappa shape index (κ2) is 7.51. The summed E-state index contributed by atoms with van der Waals surface area (Å²) < 4.78 is 1.65. The van der Waals surface area contributed by atoms with E-state index in [4.69, 9.17) is 0 Å². The number of hydrogen-bond acceptors (Lipinski definition) is 7. The molecule has 1 N–H and O–H groups in total. The van der Waals surface area contributed by atoms with Crippen molar-refractivity contribution < 1.29 is 4.79 Å². The summed E-state index contributed by atoms with van der Waals surface area (Å²) in [6, 6.07) is 5.98. The van der Waals surface area contributed by atoms with Gasteiger partial charge in [-0.05, 0) is 37.1 Å². The van der Waals surface area contributed by atoms with E-state index in [1.807, 2.05) is 32.2 Å². The molecule has 4 rings (SSSR count). The van der Waals surface area contributed by atoms with Crippen molar-refractivity contribution in [2.45, 2.75) is 13.8 Å². The molecule has 1 saturated heterocycles. The number of carbonyl (C=O) groups is 1. The summed E-state index contributed by atoms with van der Waals surface area (Å²) >= 11 is 0. The molecule has 1 amide bonds. The van der Waals surface area contributed by atoms with Gasteiger partial charge < -0.3 is 10.2 Å². The van der Waals surface area contributed by atoms with E-state index in [0.717, 1.165) is 43.3 Å². The van der Waals surface area contributed by atoms with Gasteiger partial charge in [-0.15, -0.1) is 5.10 Å². The molecule has 3 aromatic rings. The van der Waals surface area contributed by atoms with Crippen LogP contribution in [0, 0.1) is 13.8 Å². The summed E-state index contributed by atoms with van der Waals surface area (Å²) in [7, 11) is 1.82. The SMILES string of the molecule is Cc1ccc(NC(=O)CN2CCN(c3ncnc4c3nnn4C)CC2)cc1C. The molecule has 0 bridgehead atoms. The Kier molecular flexibility index (Phi) is 4.91. The average molecular weight is 380 g/mol. The second-order valence-electron chi connectivity index (χ2n) is 7.19. The summed E-state index contributed by atoms with van der Waals surface area (Å²) in [6.07, 6.45) is 1.55. The molecular weight excluding hydrogens is 356 g/mol. The van der Waals surface area contributed by atoms with Crippen molar-refractivity contribution in [1.82, 2.24) is 29.9 Å². The first-order valence-electron chi connectivity index (χ1n) is 9.36. The number of fused-ring (bicyclic) bond motifs is 1. The molecule has 1 fully saturated rings. The predicted octanol–water partition coefficient (Wildman–Crippen LogP) is 1.14. The van der Waals surface area contributed by atoms with Gasteiger partial charge in [0.05, 0.1) is 6.54 Å². The molecule has 2 aromatic heterocycles. The quantitative estimate of drug-likeness (QED) is 0.725. The minimum Gasteiger partial charge on any atom is -0.352 e. The van der Waals surface area contributed by atoms with Gasteiger partial charge in [0.25, 0.3) is 0 Å². The Bertz CT molecular complexity index is 1010. The molecule has 1 aliphatic heterocycles. The highest BCUT2D eigenvalue weighted by atomic mass is 16.2. The molecule has 28 heavy (non-hydrogen) atoms. The third-order valence-electron chi connectivity index (χ3n) is 5.20. The van der Waals surface area contributed by atoms with Crippen LogP contribution in [-0.2, 0) is 11.8 Å². The van der Waals surface area contributed by atoms with Crippen molar-refractivity contribution in [2.24, 2.45) is 7.05 Å². The van der Waals surface area contributed by atoms with Crippen molar-refractivity contribution in [1.29, 1.82) is 0 Å². The smallest absolute Gasteiger partial charge is 0.238 e. The lowest BCUT2D eigenvalue weighted by Gasteiger charge is -2.34.